The molecule has 0 spiro atoms. The molecule has 1 aromatic carbocycles. The minimum Gasteiger partial charge on any atom is -0.294 e. The van der Waals surface area contributed by atoms with E-state index in [4.69, 9.17) is 0 Å². The molecule has 1 radical (unpaired) electrons. The smallest absolute Gasteiger partial charge is 0.0545 e. The van der Waals surface area contributed by atoms with Gasteiger partial charge in [0.2, 0.25) is 0 Å². The molecule has 0 unspecified atom stereocenters. The van der Waals surface area contributed by atoms with Crippen LogP contribution in [-0.2, 0) is 0 Å². The van der Waals surface area contributed by atoms with E-state index < -0.39 is 0 Å². The van der Waals surface area contributed by atoms with E-state index in [1.54, 1.807) is 0 Å². The lowest BCUT2D eigenvalue weighted by Gasteiger charge is -2.21. The van der Waals surface area contributed by atoms with E-state index in [0.29, 0.717) is 0 Å². The molecule has 0 aliphatic heterocycles. The third-order valence-corrected chi connectivity index (χ3v) is 2.73. The van der Waals surface area contributed by atoms with Crippen molar-refractivity contribution < 1.29 is 0 Å². The van der Waals surface area contributed by atoms with Gasteiger partial charge in [0.15, 0.2) is 0 Å². The summed E-state index contributed by atoms with van der Waals surface area (Å²) in [5.74, 6) is 0. The van der Waals surface area contributed by atoms with Crippen LogP contribution >= 0.6 is 0 Å². The maximum atomic E-state index is 2.46. The average Bonchev–Trinajstić information content (AvgIpc) is 2.34. The maximum Gasteiger partial charge on any atom is 0.0545 e. The van der Waals surface area contributed by atoms with Crippen molar-refractivity contribution in [2.75, 3.05) is 13.1 Å². The quantitative estimate of drug-likeness (QED) is 0.635. The van der Waals surface area contributed by atoms with Crippen molar-refractivity contribution in [2.24, 2.45) is 0 Å². The largest absolute Gasteiger partial charge is 0.294 e. The zero-order valence-corrected chi connectivity index (χ0v) is 10.7. The van der Waals surface area contributed by atoms with Gasteiger partial charge in [0.25, 0.3) is 0 Å². The van der Waals surface area contributed by atoms with Gasteiger partial charge in [-0.05, 0) is 31.5 Å². The number of rotatable bonds is 8. The number of unbranched alkanes of at least 4 members (excludes halogenated alkanes) is 2. The van der Waals surface area contributed by atoms with Crippen LogP contribution in [0.4, 0.5) is 0 Å². The highest BCUT2D eigenvalue weighted by molar-refractivity contribution is 5.21. The van der Waals surface area contributed by atoms with Crippen LogP contribution in [-0.4, -0.2) is 18.0 Å². The van der Waals surface area contributed by atoms with E-state index in [2.05, 4.69) is 55.6 Å². The standard InChI is InChI=1S/C15H24N/c1-3-5-12-16(13-6-4-2)14-15-10-8-7-9-11-15/h7-11,14H,3-6,12-13H2,1-2H3. The normalized spacial score (nSPS) is 10.9. The highest BCUT2D eigenvalue weighted by Gasteiger charge is 2.04. The molecule has 0 fully saturated rings. The Morgan fingerprint density at radius 2 is 1.50 bits per heavy atom. The minimum absolute atomic E-state index is 1.19. The highest BCUT2D eigenvalue weighted by atomic mass is 15.1. The molecule has 16 heavy (non-hydrogen) atoms. The van der Waals surface area contributed by atoms with Crippen LogP contribution in [0.1, 0.15) is 45.1 Å². The fourth-order valence-electron chi connectivity index (χ4n) is 1.71. The Morgan fingerprint density at radius 3 is 2.00 bits per heavy atom. The van der Waals surface area contributed by atoms with Crippen molar-refractivity contribution in [3.8, 4) is 0 Å². The molecule has 0 heterocycles. The number of benzene rings is 1. The monoisotopic (exact) mass is 218 g/mol. The van der Waals surface area contributed by atoms with E-state index in [0.717, 1.165) is 0 Å². The Labute approximate surface area is 100 Å². The first-order chi connectivity index (χ1) is 7.86. The van der Waals surface area contributed by atoms with Crippen LogP contribution in [0.5, 0.6) is 0 Å². The Kier molecular flexibility index (Phi) is 6.91. The molecule has 0 amide bonds. The van der Waals surface area contributed by atoms with E-state index >= 15 is 0 Å². The summed E-state index contributed by atoms with van der Waals surface area (Å²) in [6.07, 6.45) is 5.11. The van der Waals surface area contributed by atoms with Gasteiger partial charge in [0, 0.05) is 0 Å². The van der Waals surface area contributed by atoms with Crippen molar-refractivity contribution in [3.05, 3.63) is 42.4 Å². The van der Waals surface area contributed by atoms with E-state index in [1.165, 1.54) is 44.3 Å². The van der Waals surface area contributed by atoms with Crippen molar-refractivity contribution in [3.63, 3.8) is 0 Å². The van der Waals surface area contributed by atoms with Crippen molar-refractivity contribution in [1.29, 1.82) is 0 Å². The van der Waals surface area contributed by atoms with Gasteiger partial charge in [0.05, 0.1) is 6.54 Å². The fraction of sp³-hybridized carbons (Fsp3) is 0.533. The molecule has 1 nitrogen and oxygen atoms in total. The molecule has 0 aromatic heterocycles. The van der Waals surface area contributed by atoms with Crippen molar-refractivity contribution >= 4 is 0 Å². The van der Waals surface area contributed by atoms with Gasteiger partial charge in [-0.25, -0.2) is 0 Å². The zero-order chi connectivity index (χ0) is 11.6. The Morgan fingerprint density at radius 1 is 0.938 bits per heavy atom. The molecule has 0 aliphatic rings. The van der Waals surface area contributed by atoms with Gasteiger partial charge in [-0.15, -0.1) is 0 Å². The summed E-state index contributed by atoms with van der Waals surface area (Å²) in [5.41, 5.74) is 1.31. The summed E-state index contributed by atoms with van der Waals surface area (Å²) in [7, 11) is 0. The topological polar surface area (TPSA) is 3.24 Å². The zero-order valence-electron chi connectivity index (χ0n) is 10.7. The lowest BCUT2D eigenvalue weighted by atomic mass is 10.2. The first-order valence-electron chi connectivity index (χ1n) is 6.50. The van der Waals surface area contributed by atoms with E-state index in [1.807, 2.05) is 0 Å². The molecule has 1 aromatic rings. The lowest BCUT2D eigenvalue weighted by Crippen LogP contribution is -2.23. The molecule has 0 saturated heterocycles. The Hall–Kier alpha value is -0.820. The fourth-order valence-corrected chi connectivity index (χ4v) is 1.71. The SMILES string of the molecule is CCCCN([CH]c1ccccc1)CCCC. The van der Waals surface area contributed by atoms with E-state index in [-0.39, 0.29) is 0 Å². The molecule has 1 heteroatoms. The average molecular weight is 218 g/mol. The van der Waals surface area contributed by atoms with Gasteiger partial charge in [-0.3, -0.25) is 4.90 Å². The van der Waals surface area contributed by atoms with Gasteiger partial charge < -0.3 is 0 Å². The van der Waals surface area contributed by atoms with Gasteiger partial charge in [-0.2, -0.15) is 0 Å². The molecule has 1 rings (SSSR count). The summed E-state index contributed by atoms with van der Waals surface area (Å²) in [6, 6.07) is 10.6. The molecular weight excluding hydrogens is 194 g/mol. The summed E-state index contributed by atoms with van der Waals surface area (Å²) < 4.78 is 0. The van der Waals surface area contributed by atoms with Crippen LogP contribution < -0.4 is 0 Å². The second-order valence-electron chi connectivity index (χ2n) is 4.28. The lowest BCUT2D eigenvalue weighted by molar-refractivity contribution is 0.331. The van der Waals surface area contributed by atoms with Crippen LogP contribution in [0.25, 0.3) is 0 Å². The number of nitrogens with zero attached hydrogens (tertiary/aromatic N) is 1. The Bertz CT molecular complexity index is 247. The minimum atomic E-state index is 1.19. The first kappa shape index (κ1) is 13.2. The number of hydrogen-bond acceptors (Lipinski definition) is 1. The molecule has 0 saturated carbocycles. The number of hydrogen-bond donors (Lipinski definition) is 0. The first-order valence-corrected chi connectivity index (χ1v) is 6.50. The maximum absolute atomic E-state index is 2.46. The van der Waals surface area contributed by atoms with E-state index in [9.17, 15) is 0 Å². The second-order valence-corrected chi connectivity index (χ2v) is 4.28. The highest BCUT2D eigenvalue weighted by Crippen LogP contribution is 2.09. The summed E-state index contributed by atoms with van der Waals surface area (Å²) in [5, 5.41) is 0. The van der Waals surface area contributed by atoms with Gasteiger partial charge in [-0.1, -0.05) is 57.0 Å². The Balaban J connectivity index is 2.42. The van der Waals surface area contributed by atoms with Crippen molar-refractivity contribution in [1.82, 2.24) is 4.90 Å². The van der Waals surface area contributed by atoms with Crippen LogP contribution in [0.15, 0.2) is 30.3 Å². The third kappa shape index (κ3) is 5.32. The molecule has 0 N–H and O–H groups in total. The summed E-state index contributed by atoms with van der Waals surface area (Å²) in [4.78, 5) is 2.46. The molecule has 89 valence electrons. The molecule has 0 atom stereocenters. The van der Waals surface area contributed by atoms with Gasteiger partial charge >= 0.3 is 0 Å². The molecular formula is C15H24N. The predicted octanol–water partition coefficient (Wildman–Crippen LogP) is 4.10. The third-order valence-electron chi connectivity index (χ3n) is 2.73. The second kappa shape index (κ2) is 8.35. The van der Waals surface area contributed by atoms with Crippen LogP contribution in [0.3, 0.4) is 0 Å². The van der Waals surface area contributed by atoms with Crippen LogP contribution in [0.2, 0.25) is 0 Å². The predicted molar refractivity (Wildman–Crippen MR) is 71.2 cm³/mol. The summed E-state index contributed by atoms with van der Waals surface area (Å²) >= 11 is 0. The molecule has 0 aliphatic carbocycles. The molecule has 0 bridgehead atoms. The summed E-state index contributed by atoms with van der Waals surface area (Å²) in [6.45, 7) is 9.17. The van der Waals surface area contributed by atoms with Gasteiger partial charge in [0.1, 0.15) is 0 Å². The van der Waals surface area contributed by atoms with Crippen LogP contribution in [0, 0.1) is 6.54 Å². The van der Waals surface area contributed by atoms with Crippen molar-refractivity contribution in [2.45, 2.75) is 39.5 Å².